The predicted molar refractivity (Wildman–Crippen MR) is 175 cm³/mol. The number of aryl methyl sites for hydroxylation is 2. The predicted octanol–water partition coefficient (Wildman–Crippen LogP) is 6.85. The fourth-order valence-corrected chi connectivity index (χ4v) is 4.48. The van der Waals surface area contributed by atoms with Crippen molar-refractivity contribution in [2.24, 2.45) is 0 Å². The normalized spacial score (nSPS) is 13.6. The van der Waals surface area contributed by atoms with E-state index in [0.29, 0.717) is 12.4 Å². The van der Waals surface area contributed by atoms with Gasteiger partial charge in [-0.25, -0.2) is 9.97 Å². The van der Waals surface area contributed by atoms with Gasteiger partial charge in [0.25, 0.3) is 0 Å². The summed E-state index contributed by atoms with van der Waals surface area (Å²) in [5, 5.41) is 10.7. The molecule has 4 rings (SSSR count). The minimum atomic E-state index is 0.0769. The molecule has 3 N–H and O–H groups in total. The number of hydrogen-bond donors (Lipinski definition) is 3. The van der Waals surface area contributed by atoms with Gasteiger partial charge in [-0.3, -0.25) is 4.98 Å². The second kappa shape index (κ2) is 18.9. The number of piperazine rings is 1. The molecule has 0 bridgehead atoms. The molecule has 0 spiro atoms. The standard InChI is InChI=1S/C29H39N7.C3H8.C2H6/c1-21-12-13-31-26(19-21)29-34-24(4)23(3)28(35-29)32-20-27(25-10-6-5-7-11-25)33-22(2)9-8-16-36-17-14-30-15-18-36;1-3-2;1-2/h5-7,10-13,19,27,30,33H,2,8-9,14-18,20H2,1,3-4H3,(H,32,34,35);3H2,1-2H3;1-2H3. The maximum atomic E-state index is 4.85. The molecule has 1 fully saturated rings. The van der Waals surface area contributed by atoms with Gasteiger partial charge in [0.1, 0.15) is 11.5 Å². The highest BCUT2D eigenvalue weighted by Crippen LogP contribution is 2.23. The molecule has 3 aromatic rings. The fourth-order valence-electron chi connectivity index (χ4n) is 4.48. The summed E-state index contributed by atoms with van der Waals surface area (Å²) in [7, 11) is 0. The van der Waals surface area contributed by atoms with Crippen LogP contribution in [0.5, 0.6) is 0 Å². The van der Waals surface area contributed by atoms with Crippen LogP contribution in [0, 0.1) is 20.8 Å². The van der Waals surface area contributed by atoms with Crippen molar-refractivity contribution in [3.8, 4) is 11.5 Å². The fraction of sp³-hybridized carbons (Fsp3) is 0.500. The Labute approximate surface area is 249 Å². The number of rotatable bonds is 11. The molecular weight excluding hydrogens is 506 g/mol. The van der Waals surface area contributed by atoms with Gasteiger partial charge in [0.05, 0.1) is 6.04 Å². The monoisotopic (exact) mass is 559 g/mol. The van der Waals surface area contributed by atoms with E-state index in [0.717, 1.165) is 79.6 Å². The average Bonchev–Trinajstić information content (AvgIpc) is 2.99. The van der Waals surface area contributed by atoms with Crippen LogP contribution in [-0.4, -0.2) is 59.1 Å². The number of benzene rings is 1. The lowest BCUT2D eigenvalue weighted by Gasteiger charge is -2.27. The molecule has 0 radical (unpaired) electrons. The van der Waals surface area contributed by atoms with E-state index in [1.807, 2.05) is 32.9 Å². The van der Waals surface area contributed by atoms with Gasteiger partial charge >= 0.3 is 0 Å². The van der Waals surface area contributed by atoms with Crippen molar-refractivity contribution < 1.29 is 0 Å². The van der Waals surface area contributed by atoms with Crippen LogP contribution in [0.15, 0.2) is 60.9 Å². The van der Waals surface area contributed by atoms with E-state index in [1.54, 1.807) is 6.20 Å². The van der Waals surface area contributed by atoms with Crippen LogP contribution in [-0.2, 0) is 0 Å². The zero-order chi connectivity index (χ0) is 30.0. The molecule has 1 aromatic carbocycles. The summed E-state index contributed by atoms with van der Waals surface area (Å²) in [6.45, 7) is 25.0. The Bertz CT molecular complexity index is 1160. The first-order chi connectivity index (χ1) is 19.9. The number of hydrogen-bond acceptors (Lipinski definition) is 7. The molecule has 0 saturated carbocycles. The van der Waals surface area contributed by atoms with Gasteiger partial charge in [-0.05, 0) is 63.4 Å². The molecule has 7 nitrogen and oxygen atoms in total. The maximum absolute atomic E-state index is 4.85. The Morgan fingerprint density at radius 3 is 2.37 bits per heavy atom. The van der Waals surface area contributed by atoms with E-state index < -0.39 is 0 Å². The minimum absolute atomic E-state index is 0.0769. The van der Waals surface area contributed by atoms with Crippen LogP contribution < -0.4 is 16.0 Å². The van der Waals surface area contributed by atoms with Gasteiger partial charge in [0.15, 0.2) is 5.82 Å². The first kappa shape index (κ1) is 33.9. The van der Waals surface area contributed by atoms with Crippen molar-refractivity contribution in [1.82, 2.24) is 30.5 Å². The van der Waals surface area contributed by atoms with Gasteiger partial charge in [-0.1, -0.05) is 71.0 Å². The van der Waals surface area contributed by atoms with E-state index in [-0.39, 0.29) is 6.04 Å². The zero-order valence-corrected chi connectivity index (χ0v) is 26.6. The molecule has 2 aromatic heterocycles. The van der Waals surface area contributed by atoms with Crippen molar-refractivity contribution >= 4 is 5.82 Å². The quantitative estimate of drug-likeness (QED) is 0.237. The first-order valence-electron chi connectivity index (χ1n) is 15.4. The number of anilines is 1. The number of aromatic nitrogens is 3. The van der Waals surface area contributed by atoms with Crippen molar-refractivity contribution in [2.75, 3.05) is 44.6 Å². The molecule has 224 valence electrons. The Hall–Kier alpha value is -3.29. The van der Waals surface area contributed by atoms with Crippen LogP contribution in [0.1, 0.15) is 75.4 Å². The molecule has 3 heterocycles. The summed E-state index contributed by atoms with van der Waals surface area (Å²) in [5.41, 5.74) is 6.22. The topological polar surface area (TPSA) is 78.0 Å². The van der Waals surface area contributed by atoms with Crippen LogP contribution in [0.2, 0.25) is 0 Å². The van der Waals surface area contributed by atoms with Crippen LogP contribution in [0.3, 0.4) is 0 Å². The van der Waals surface area contributed by atoms with Crippen molar-refractivity contribution in [1.29, 1.82) is 0 Å². The molecule has 0 amide bonds. The maximum Gasteiger partial charge on any atom is 0.180 e. The first-order valence-corrected chi connectivity index (χ1v) is 15.4. The molecule has 7 heteroatoms. The van der Waals surface area contributed by atoms with Crippen LogP contribution >= 0.6 is 0 Å². The molecule has 41 heavy (non-hydrogen) atoms. The van der Waals surface area contributed by atoms with E-state index in [2.05, 4.69) is 90.4 Å². The third-order valence-corrected chi connectivity index (χ3v) is 6.75. The summed E-state index contributed by atoms with van der Waals surface area (Å²) in [5.74, 6) is 1.48. The molecule has 0 aliphatic carbocycles. The van der Waals surface area contributed by atoms with Gasteiger partial charge < -0.3 is 20.9 Å². The van der Waals surface area contributed by atoms with Crippen LogP contribution in [0.25, 0.3) is 11.5 Å². The molecule has 1 aliphatic heterocycles. The van der Waals surface area contributed by atoms with E-state index in [9.17, 15) is 0 Å². The third kappa shape index (κ3) is 11.6. The second-order valence-corrected chi connectivity index (χ2v) is 10.3. The van der Waals surface area contributed by atoms with E-state index >= 15 is 0 Å². The average molecular weight is 560 g/mol. The van der Waals surface area contributed by atoms with Crippen molar-refractivity contribution in [3.63, 3.8) is 0 Å². The summed E-state index contributed by atoms with van der Waals surface area (Å²) < 4.78 is 0. The van der Waals surface area contributed by atoms with Crippen molar-refractivity contribution in [2.45, 2.75) is 73.8 Å². The van der Waals surface area contributed by atoms with Crippen molar-refractivity contribution in [3.05, 3.63) is 83.3 Å². The minimum Gasteiger partial charge on any atom is -0.380 e. The Balaban J connectivity index is 0.00000110. The number of pyridine rings is 1. The Morgan fingerprint density at radius 1 is 1.02 bits per heavy atom. The van der Waals surface area contributed by atoms with Gasteiger partial charge in [0.2, 0.25) is 0 Å². The number of nitrogens with zero attached hydrogens (tertiary/aromatic N) is 4. The van der Waals surface area contributed by atoms with Gasteiger partial charge in [-0.15, -0.1) is 0 Å². The lowest BCUT2D eigenvalue weighted by molar-refractivity contribution is 0.238. The van der Waals surface area contributed by atoms with Gasteiger partial charge in [-0.2, -0.15) is 0 Å². The molecular formula is C34H53N7. The summed E-state index contributed by atoms with van der Waals surface area (Å²) >= 11 is 0. The summed E-state index contributed by atoms with van der Waals surface area (Å²) in [4.78, 5) is 16.6. The Kier molecular flexibility index (Phi) is 15.7. The number of allylic oxidation sites excluding steroid dienone is 1. The number of nitrogens with one attached hydrogen (secondary N) is 3. The highest BCUT2D eigenvalue weighted by Gasteiger charge is 2.16. The molecule has 1 aliphatic rings. The molecule has 1 unspecified atom stereocenters. The van der Waals surface area contributed by atoms with E-state index in [1.165, 1.54) is 12.0 Å². The lowest BCUT2D eigenvalue weighted by Crippen LogP contribution is -2.43. The molecule has 1 atom stereocenters. The highest BCUT2D eigenvalue weighted by atomic mass is 15.2. The Morgan fingerprint density at radius 2 is 1.71 bits per heavy atom. The smallest absolute Gasteiger partial charge is 0.180 e. The molecule has 1 saturated heterocycles. The largest absolute Gasteiger partial charge is 0.380 e. The third-order valence-electron chi connectivity index (χ3n) is 6.75. The summed E-state index contributed by atoms with van der Waals surface area (Å²) in [6.07, 6.45) is 5.12. The SMILES string of the molecule is C=C(CCCN1CCNCC1)NC(CNc1nc(-c2cc(C)ccn2)nc(C)c1C)c1ccccc1.CC.CCC. The zero-order valence-electron chi connectivity index (χ0n) is 26.6. The van der Waals surface area contributed by atoms with Crippen LogP contribution in [0.4, 0.5) is 5.82 Å². The lowest BCUT2D eigenvalue weighted by atomic mass is 10.1. The second-order valence-electron chi connectivity index (χ2n) is 10.3. The summed E-state index contributed by atoms with van der Waals surface area (Å²) in [6, 6.07) is 14.6. The highest BCUT2D eigenvalue weighted by molar-refractivity contribution is 5.57. The van der Waals surface area contributed by atoms with E-state index in [4.69, 9.17) is 9.97 Å². The van der Waals surface area contributed by atoms with Gasteiger partial charge in [0, 0.05) is 55.9 Å².